The Balaban J connectivity index is 1.65. The first kappa shape index (κ1) is 24.0. The number of fused-ring (bicyclic) bond motifs is 1. The van der Waals surface area contributed by atoms with Crippen molar-refractivity contribution in [1.82, 2.24) is 25.9 Å². The molecule has 0 bridgehead atoms. The van der Waals surface area contributed by atoms with Crippen molar-refractivity contribution in [2.75, 3.05) is 44.0 Å². The van der Waals surface area contributed by atoms with Crippen molar-refractivity contribution in [2.45, 2.75) is 38.4 Å². The molecule has 3 heterocycles. The Hall–Kier alpha value is -2.17. The number of thioether (sulfide) groups is 1. The third kappa shape index (κ3) is 5.67. The first-order valence-corrected chi connectivity index (χ1v) is 12.7. The number of amides is 1. The fourth-order valence-electron chi connectivity index (χ4n) is 4.28. The molecular formula is C24H35N7OS. The Morgan fingerprint density at radius 3 is 2.97 bits per heavy atom. The van der Waals surface area contributed by atoms with Gasteiger partial charge in [0.2, 0.25) is 0 Å². The van der Waals surface area contributed by atoms with E-state index in [4.69, 9.17) is 10.7 Å². The van der Waals surface area contributed by atoms with E-state index >= 15 is 0 Å². The van der Waals surface area contributed by atoms with E-state index in [2.05, 4.69) is 71.1 Å². The molecule has 9 heteroatoms. The molecule has 2 aromatic rings. The maximum absolute atomic E-state index is 13.3. The average molecular weight is 470 g/mol. The molecule has 8 nitrogen and oxygen atoms in total. The van der Waals surface area contributed by atoms with Gasteiger partial charge < -0.3 is 21.3 Å². The van der Waals surface area contributed by atoms with E-state index < -0.39 is 0 Å². The molecule has 1 aromatic carbocycles. The van der Waals surface area contributed by atoms with Gasteiger partial charge in [0.25, 0.3) is 5.91 Å². The number of anilines is 1. The standard InChI is InChI=1S/C24H35N7OS/c1-16(2)31-23-20(13-28-31)19(24(32)27-14-22-26-8-10-33-22)12-21(29-23)18-6-4-5-17(11-18)15-30(3)9-7-25/h4-6,11-12,16,22,26,28H,7-10,13-15,25H2,1-3H3,(H,27,32). The number of hydrogen-bond donors (Lipinski definition) is 4. The number of aromatic nitrogens is 1. The van der Waals surface area contributed by atoms with Gasteiger partial charge in [0.15, 0.2) is 0 Å². The highest BCUT2D eigenvalue weighted by Crippen LogP contribution is 2.32. The molecule has 5 N–H and O–H groups in total. The lowest BCUT2D eigenvalue weighted by Gasteiger charge is -2.23. The molecule has 178 valence electrons. The third-order valence-corrected chi connectivity index (χ3v) is 7.12. The fourth-order valence-corrected chi connectivity index (χ4v) is 5.24. The molecular weight excluding hydrogens is 434 g/mol. The first-order valence-electron chi connectivity index (χ1n) is 11.6. The van der Waals surface area contributed by atoms with Gasteiger partial charge in [-0.25, -0.2) is 10.4 Å². The Labute approximate surface area is 200 Å². The number of likely N-dealkylation sites (N-methyl/N-ethyl adjacent to an activating group) is 1. The molecule has 0 aliphatic carbocycles. The van der Waals surface area contributed by atoms with Crippen LogP contribution in [-0.2, 0) is 13.1 Å². The Bertz CT molecular complexity index is 977. The zero-order valence-corrected chi connectivity index (χ0v) is 20.5. The summed E-state index contributed by atoms with van der Waals surface area (Å²) in [5.74, 6) is 1.88. The monoisotopic (exact) mass is 469 g/mol. The van der Waals surface area contributed by atoms with Gasteiger partial charge in [-0.05, 0) is 38.6 Å². The Morgan fingerprint density at radius 2 is 2.24 bits per heavy atom. The van der Waals surface area contributed by atoms with Crippen LogP contribution in [0.4, 0.5) is 5.82 Å². The molecule has 4 rings (SSSR count). The second-order valence-corrected chi connectivity index (χ2v) is 10.2. The van der Waals surface area contributed by atoms with Gasteiger partial charge in [0.1, 0.15) is 5.82 Å². The van der Waals surface area contributed by atoms with E-state index in [1.54, 1.807) is 0 Å². The third-order valence-electron chi connectivity index (χ3n) is 5.95. The van der Waals surface area contributed by atoms with Crippen molar-refractivity contribution in [3.8, 4) is 11.3 Å². The SMILES string of the molecule is CC(C)N1NCc2c(C(=O)NCC3NCCS3)cc(-c3cccc(CN(C)CCN)c3)nc21. The number of carbonyl (C=O) groups excluding carboxylic acids is 1. The van der Waals surface area contributed by atoms with Crippen molar-refractivity contribution in [2.24, 2.45) is 5.73 Å². The molecule has 0 spiro atoms. The lowest BCUT2D eigenvalue weighted by atomic mass is 10.0. The number of nitrogens with two attached hydrogens (primary N) is 1. The molecule has 1 unspecified atom stereocenters. The summed E-state index contributed by atoms with van der Waals surface area (Å²) in [5, 5.41) is 8.87. The summed E-state index contributed by atoms with van der Waals surface area (Å²) >= 11 is 1.85. The summed E-state index contributed by atoms with van der Waals surface area (Å²) in [6, 6.07) is 10.6. The summed E-state index contributed by atoms with van der Waals surface area (Å²) in [7, 11) is 2.07. The van der Waals surface area contributed by atoms with Crippen molar-refractivity contribution in [3.05, 3.63) is 47.0 Å². The quantitative estimate of drug-likeness (QED) is 0.441. The summed E-state index contributed by atoms with van der Waals surface area (Å²) in [4.78, 5) is 20.5. The smallest absolute Gasteiger partial charge is 0.251 e. The number of carbonyl (C=O) groups is 1. The summed E-state index contributed by atoms with van der Waals surface area (Å²) in [6.45, 7) is 8.73. The van der Waals surface area contributed by atoms with Crippen LogP contribution in [0.2, 0.25) is 0 Å². The molecule has 2 aliphatic heterocycles. The van der Waals surface area contributed by atoms with E-state index in [-0.39, 0.29) is 17.3 Å². The summed E-state index contributed by atoms with van der Waals surface area (Å²) in [5.41, 5.74) is 13.8. The summed E-state index contributed by atoms with van der Waals surface area (Å²) < 4.78 is 0. The van der Waals surface area contributed by atoms with E-state index in [9.17, 15) is 4.79 Å². The van der Waals surface area contributed by atoms with Gasteiger partial charge in [-0.1, -0.05) is 18.2 Å². The highest BCUT2D eigenvalue weighted by molar-refractivity contribution is 8.00. The lowest BCUT2D eigenvalue weighted by Crippen LogP contribution is -2.38. The Morgan fingerprint density at radius 1 is 1.39 bits per heavy atom. The van der Waals surface area contributed by atoms with Crippen molar-refractivity contribution in [1.29, 1.82) is 0 Å². The number of pyridine rings is 1. The lowest BCUT2D eigenvalue weighted by molar-refractivity contribution is 0.0952. The van der Waals surface area contributed by atoms with Crippen LogP contribution in [-0.4, -0.2) is 66.2 Å². The van der Waals surface area contributed by atoms with Gasteiger partial charge in [-0.15, -0.1) is 11.8 Å². The van der Waals surface area contributed by atoms with Crippen LogP contribution in [0.15, 0.2) is 30.3 Å². The number of hydrazine groups is 1. The predicted octanol–water partition coefficient (Wildman–Crippen LogP) is 1.76. The number of nitrogens with zero attached hydrogens (tertiary/aromatic N) is 3. The van der Waals surface area contributed by atoms with Gasteiger partial charge in [0.05, 0.1) is 11.1 Å². The van der Waals surface area contributed by atoms with E-state index in [0.29, 0.717) is 25.2 Å². The molecule has 2 aliphatic rings. The van der Waals surface area contributed by atoms with Crippen LogP contribution in [0.1, 0.15) is 35.3 Å². The number of hydrogen-bond acceptors (Lipinski definition) is 8. The maximum atomic E-state index is 13.3. The second-order valence-electron chi connectivity index (χ2n) is 8.91. The fraction of sp³-hybridized carbons (Fsp3) is 0.500. The van der Waals surface area contributed by atoms with Crippen LogP contribution in [0.3, 0.4) is 0 Å². The highest BCUT2D eigenvalue weighted by Gasteiger charge is 2.29. The van der Waals surface area contributed by atoms with Crippen LogP contribution in [0, 0.1) is 0 Å². The molecule has 0 saturated carbocycles. The molecule has 0 radical (unpaired) electrons. The van der Waals surface area contributed by atoms with Gasteiger partial charge in [-0.2, -0.15) is 0 Å². The van der Waals surface area contributed by atoms with Gasteiger partial charge in [-0.3, -0.25) is 9.80 Å². The van der Waals surface area contributed by atoms with E-state index in [1.165, 1.54) is 5.56 Å². The van der Waals surface area contributed by atoms with Gasteiger partial charge >= 0.3 is 0 Å². The number of nitrogens with one attached hydrogen (secondary N) is 3. The van der Waals surface area contributed by atoms with Crippen LogP contribution >= 0.6 is 11.8 Å². The predicted molar refractivity (Wildman–Crippen MR) is 136 cm³/mol. The van der Waals surface area contributed by atoms with Gasteiger partial charge in [0, 0.05) is 67.8 Å². The zero-order valence-electron chi connectivity index (χ0n) is 19.7. The second kappa shape index (κ2) is 10.8. The minimum atomic E-state index is -0.0459. The average Bonchev–Trinajstić information content (AvgIpc) is 3.47. The van der Waals surface area contributed by atoms with Crippen LogP contribution in [0.5, 0.6) is 0 Å². The molecule has 33 heavy (non-hydrogen) atoms. The Kier molecular flexibility index (Phi) is 7.87. The minimum absolute atomic E-state index is 0.0459. The maximum Gasteiger partial charge on any atom is 0.251 e. The topological polar surface area (TPSA) is 98.6 Å². The van der Waals surface area contributed by atoms with Crippen molar-refractivity contribution in [3.63, 3.8) is 0 Å². The number of benzene rings is 1. The molecule has 1 atom stereocenters. The molecule has 1 aromatic heterocycles. The molecule has 1 amide bonds. The zero-order chi connectivity index (χ0) is 23.4. The normalized spacial score (nSPS) is 17.8. The largest absolute Gasteiger partial charge is 0.350 e. The van der Waals surface area contributed by atoms with Crippen molar-refractivity contribution >= 4 is 23.5 Å². The van der Waals surface area contributed by atoms with E-state index in [0.717, 1.165) is 48.0 Å². The molecule has 1 fully saturated rings. The number of rotatable bonds is 9. The van der Waals surface area contributed by atoms with E-state index in [1.807, 2.05) is 17.8 Å². The minimum Gasteiger partial charge on any atom is -0.350 e. The van der Waals surface area contributed by atoms with Crippen LogP contribution in [0.25, 0.3) is 11.3 Å². The first-order chi connectivity index (χ1) is 16.0. The molecule has 1 saturated heterocycles. The summed E-state index contributed by atoms with van der Waals surface area (Å²) in [6.07, 6.45) is 0. The highest BCUT2D eigenvalue weighted by atomic mass is 32.2. The van der Waals surface area contributed by atoms with Crippen LogP contribution < -0.4 is 26.8 Å². The van der Waals surface area contributed by atoms with Crippen molar-refractivity contribution < 1.29 is 4.79 Å².